The van der Waals surface area contributed by atoms with Crippen molar-refractivity contribution in [1.82, 2.24) is 0 Å². The third-order valence-corrected chi connectivity index (χ3v) is 1.86. The molecular weight excluding hydrogens is 152 g/mol. The molecule has 1 saturated carbocycles. The van der Waals surface area contributed by atoms with Crippen LogP contribution >= 0.6 is 11.6 Å². The van der Waals surface area contributed by atoms with Crippen LogP contribution in [-0.2, 0) is 4.79 Å². The summed E-state index contributed by atoms with van der Waals surface area (Å²) in [7, 11) is 0. The second-order valence-corrected chi connectivity index (χ2v) is 3.94. The average Bonchev–Trinajstić information content (AvgIpc) is 1.61. The van der Waals surface area contributed by atoms with Gasteiger partial charge in [-0.15, -0.1) is 11.6 Å². The van der Waals surface area contributed by atoms with Crippen LogP contribution < -0.4 is 0 Å². The summed E-state index contributed by atoms with van der Waals surface area (Å²) in [5.74, 6) is 0.877. The van der Waals surface area contributed by atoms with E-state index in [1.165, 1.54) is 12.8 Å². The molecule has 0 aromatic carbocycles. The minimum atomic E-state index is -0.250. The van der Waals surface area contributed by atoms with Crippen LogP contribution in [0.25, 0.3) is 0 Å². The summed E-state index contributed by atoms with van der Waals surface area (Å²) >= 11 is 5.90. The van der Waals surface area contributed by atoms with Crippen LogP contribution in [0.1, 0.15) is 26.7 Å². The first-order valence-electron chi connectivity index (χ1n) is 3.28. The van der Waals surface area contributed by atoms with Crippen LogP contribution in [0.5, 0.6) is 0 Å². The highest BCUT2D eigenvalue weighted by Crippen LogP contribution is 2.42. The second-order valence-electron chi connectivity index (χ2n) is 3.03. The van der Waals surface area contributed by atoms with Gasteiger partial charge in [-0.3, -0.25) is 4.79 Å². The van der Waals surface area contributed by atoms with Crippen molar-refractivity contribution in [2.45, 2.75) is 31.6 Å². The molecule has 3 heteroatoms. The van der Waals surface area contributed by atoms with Gasteiger partial charge in [0.1, 0.15) is 0 Å². The smallest absolute Gasteiger partial charge is 0.290 e. The van der Waals surface area contributed by atoms with Crippen molar-refractivity contribution in [1.29, 1.82) is 0 Å². The molecule has 0 bridgehead atoms. The van der Waals surface area contributed by atoms with E-state index in [0.29, 0.717) is 0 Å². The minimum absolute atomic E-state index is 0.166. The molecule has 1 aliphatic rings. The molecule has 1 N–H and O–H groups in total. The Morgan fingerprint density at radius 1 is 1.70 bits per heavy atom. The molecule has 0 aromatic heterocycles. The fourth-order valence-electron chi connectivity index (χ4n) is 1.39. The summed E-state index contributed by atoms with van der Waals surface area (Å²) in [5, 5.41) is 6.89. The first kappa shape index (κ1) is 9.76. The molecule has 0 amide bonds. The molecule has 10 heavy (non-hydrogen) atoms. The van der Waals surface area contributed by atoms with E-state index in [9.17, 15) is 0 Å². The highest BCUT2D eigenvalue weighted by Gasteiger charge is 2.34. The Kier molecular flexibility index (Phi) is 3.72. The maximum Gasteiger partial charge on any atom is 0.290 e. The van der Waals surface area contributed by atoms with Gasteiger partial charge in [0.25, 0.3) is 6.47 Å². The summed E-state index contributed by atoms with van der Waals surface area (Å²) in [4.78, 5) is 8.53. The first-order chi connectivity index (χ1) is 4.52. The lowest BCUT2D eigenvalue weighted by molar-refractivity contribution is -0.122. The third kappa shape index (κ3) is 3.72. The first-order valence-corrected chi connectivity index (χ1v) is 3.66. The van der Waals surface area contributed by atoms with E-state index in [0.717, 1.165) is 5.92 Å². The monoisotopic (exact) mass is 164 g/mol. The van der Waals surface area contributed by atoms with Crippen LogP contribution in [0.2, 0.25) is 0 Å². The van der Waals surface area contributed by atoms with Gasteiger partial charge in [-0.2, -0.15) is 0 Å². The van der Waals surface area contributed by atoms with Gasteiger partial charge >= 0.3 is 0 Å². The maximum absolute atomic E-state index is 8.36. The maximum atomic E-state index is 8.36. The number of hydrogen-bond donors (Lipinski definition) is 1. The largest absolute Gasteiger partial charge is 0.483 e. The van der Waals surface area contributed by atoms with Crippen molar-refractivity contribution in [3.63, 3.8) is 0 Å². The molecule has 0 atom stereocenters. The van der Waals surface area contributed by atoms with Crippen molar-refractivity contribution in [3.8, 4) is 0 Å². The van der Waals surface area contributed by atoms with Gasteiger partial charge < -0.3 is 5.11 Å². The predicted molar refractivity (Wildman–Crippen MR) is 41.3 cm³/mol. The molecule has 0 radical (unpaired) electrons. The molecule has 0 aromatic rings. The summed E-state index contributed by atoms with van der Waals surface area (Å²) in [6, 6.07) is 0. The molecule has 1 fully saturated rings. The molecule has 1 rings (SSSR count). The number of carbonyl (C=O) groups is 1. The number of rotatable bonds is 0. The van der Waals surface area contributed by atoms with Crippen LogP contribution in [0.4, 0.5) is 0 Å². The van der Waals surface area contributed by atoms with E-state index in [1.807, 2.05) is 0 Å². The molecule has 60 valence electrons. The average molecular weight is 165 g/mol. The second kappa shape index (κ2) is 3.81. The Morgan fingerprint density at radius 2 is 2.00 bits per heavy atom. The van der Waals surface area contributed by atoms with Gasteiger partial charge in [0.2, 0.25) is 0 Å². The molecule has 2 nitrogen and oxygen atoms in total. The Hall–Kier alpha value is -0.240. The van der Waals surface area contributed by atoms with E-state index >= 15 is 0 Å². The Balaban J connectivity index is 0.000000236. The zero-order valence-electron chi connectivity index (χ0n) is 6.30. The fraction of sp³-hybridized carbons (Fsp3) is 0.857. The highest BCUT2D eigenvalue weighted by molar-refractivity contribution is 6.24. The molecule has 0 saturated heterocycles. The number of alkyl halides is 1. The van der Waals surface area contributed by atoms with Crippen molar-refractivity contribution in [2.75, 3.05) is 0 Å². The molecule has 1 aliphatic carbocycles. The summed E-state index contributed by atoms with van der Waals surface area (Å²) in [6.07, 6.45) is 2.41. The van der Waals surface area contributed by atoms with Crippen molar-refractivity contribution in [3.05, 3.63) is 0 Å². The SMILES string of the molecule is CC1CC(C)(Cl)C1.O=CO. The zero-order chi connectivity index (χ0) is 8.20. The highest BCUT2D eigenvalue weighted by atomic mass is 35.5. The Labute approximate surface area is 66.2 Å². The van der Waals surface area contributed by atoms with Crippen molar-refractivity contribution in [2.24, 2.45) is 5.92 Å². The van der Waals surface area contributed by atoms with E-state index in [4.69, 9.17) is 21.5 Å². The summed E-state index contributed by atoms with van der Waals surface area (Å²) in [5.41, 5.74) is 0. The third-order valence-electron chi connectivity index (χ3n) is 1.55. The lowest BCUT2D eigenvalue weighted by Gasteiger charge is -2.37. The summed E-state index contributed by atoms with van der Waals surface area (Å²) < 4.78 is 0. The molecule has 0 aliphatic heterocycles. The fourth-order valence-corrected chi connectivity index (χ4v) is 1.92. The van der Waals surface area contributed by atoms with Gasteiger partial charge in [0.15, 0.2) is 0 Å². The minimum Gasteiger partial charge on any atom is -0.483 e. The Morgan fingerprint density at radius 3 is 2.00 bits per heavy atom. The lowest BCUT2D eigenvalue weighted by Crippen LogP contribution is -2.33. The molecule has 0 heterocycles. The van der Waals surface area contributed by atoms with Gasteiger partial charge in [0.05, 0.1) is 0 Å². The van der Waals surface area contributed by atoms with Crippen LogP contribution in [0.3, 0.4) is 0 Å². The molecular formula is C7H13ClO2. The topological polar surface area (TPSA) is 37.3 Å². The van der Waals surface area contributed by atoms with Crippen LogP contribution in [0.15, 0.2) is 0 Å². The number of halogens is 1. The molecule has 0 spiro atoms. The van der Waals surface area contributed by atoms with Crippen LogP contribution in [-0.4, -0.2) is 16.5 Å². The van der Waals surface area contributed by atoms with Gasteiger partial charge in [-0.1, -0.05) is 6.92 Å². The normalized spacial score (nSPS) is 36.9. The van der Waals surface area contributed by atoms with Gasteiger partial charge in [-0.25, -0.2) is 0 Å². The van der Waals surface area contributed by atoms with E-state index < -0.39 is 0 Å². The number of carboxylic acid groups (broad SMARTS) is 1. The van der Waals surface area contributed by atoms with E-state index in [2.05, 4.69) is 13.8 Å². The van der Waals surface area contributed by atoms with Crippen LogP contribution in [0, 0.1) is 5.92 Å². The molecule has 0 unspecified atom stereocenters. The van der Waals surface area contributed by atoms with Gasteiger partial charge in [0, 0.05) is 4.87 Å². The van der Waals surface area contributed by atoms with E-state index in [-0.39, 0.29) is 11.3 Å². The Bertz CT molecular complexity index is 104. The summed E-state index contributed by atoms with van der Waals surface area (Å²) in [6.45, 7) is 4.10. The quantitative estimate of drug-likeness (QED) is 0.440. The number of hydrogen-bond acceptors (Lipinski definition) is 1. The standard InChI is InChI=1S/C6H11Cl.CH2O2/c1-5-3-6(2,7)4-5;2-1-3/h5H,3-4H2,1-2H3;1H,(H,2,3). The lowest BCUT2D eigenvalue weighted by atomic mass is 9.77. The predicted octanol–water partition coefficient (Wildman–Crippen LogP) is 2.11. The van der Waals surface area contributed by atoms with Gasteiger partial charge in [-0.05, 0) is 25.7 Å². The van der Waals surface area contributed by atoms with Crippen molar-refractivity contribution >= 4 is 18.1 Å². The van der Waals surface area contributed by atoms with Crippen molar-refractivity contribution < 1.29 is 9.90 Å². The zero-order valence-corrected chi connectivity index (χ0v) is 7.06. The van der Waals surface area contributed by atoms with E-state index in [1.54, 1.807) is 0 Å².